The number of methoxy groups -OCH3 is 1. The molecule has 1 aromatic carbocycles. The second-order valence-electron chi connectivity index (χ2n) is 3.53. The standard InChI is InChI=1S/C12H17FN2O3/c1-17-6-7-18-9-15-12(16)14-8-10-2-4-11(13)5-3-10/h2-5H,6-9H2,1H3,(H2,14,15,16). The normalized spacial score (nSPS) is 10.1. The van der Waals surface area contributed by atoms with Gasteiger partial charge < -0.3 is 20.1 Å². The molecule has 0 saturated carbocycles. The number of halogens is 1. The van der Waals surface area contributed by atoms with Crippen molar-refractivity contribution in [2.24, 2.45) is 0 Å². The van der Waals surface area contributed by atoms with Gasteiger partial charge in [-0.3, -0.25) is 0 Å². The quantitative estimate of drug-likeness (QED) is 0.570. The molecule has 0 bridgehead atoms. The number of benzene rings is 1. The number of carbonyl (C=O) groups is 1. The molecule has 0 saturated heterocycles. The highest BCUT2D eigenvalue weighted by Crippen LogP contribution is 2.01. The minimum atomic E-state index is -0.336. The first-order valence-electron chi connectivity index (χ1n) is 5.55. The summed E-state index contributed by atoms with van der Waals surface area (Å²) in [5, 5.41) is 5.15. The molecule has 0 aromatic heterocycles. The average Bonchev–Trinajstić information content (AvgIpc) is 2.38. The molecule has 0 aliphatic carbocycles. The van der Waals surface area contributed by atoms with Gasteiger partial charge in [0.2, 0.25) is 0 Å². The van der Waals surface area contributed by atoms with Crippen molar-refractivity contribution in [2.75, 3.05) is 27.1 Å². The van der Waals surface area contributed by atoms with Crippen molar-refractivity contribution >= 4 is 6.03 Å². The zero-order valence-corrected chi connectivity index (χ0v) is 10.2. The number of nitrogens with one attached hydrogen (secondary N) is 2. The molecule has 6 heteroatoms. The first-order chi connectivity index (χ1) is 8.72. The molecule has 0 heterocycles. The number of ether oxygens (including phenoxy) is 2. The van der Waals surface area contributed by atoms with Gasteiger partial charge in [-0.15, -0.1) is 0 Å². The molecule has 1 rings (SSSR count). The lowest BCUT2D eigenvalue weighted by molar-refractivity contribution is 0.0642. The lowest BCUT2D eigenvalue weighted by Crippen LogP contribution is -2.36. The van der Waals surface area contributed by atoms with Crippen LogP contribution in [0.3, 0.4) is 0 Å². The molecule has 0 spiro atoms. The van der Waals surface area contributed by atoms with Crippen LogP contribution in [-0.4, -0.2) is 33.1 Å². The van der Waals surface area contributed by atoms with Crippen LogP contribution in [0.25, 0.3) is 0 Å². The van der Waals surface area contributed by atoms with Crippen LogP contribution in [0, 0.1) is 5.82 Å². The number of urea groups is 1. The summed E-state index contributed by atoms with van der Waals surface area (Å²) in [7, 11) is 1.58. The summed E-state index contributed by atoms with van der Waals surface area (Å²) in [6.45, 7) is 1.37. The highest BCUT2D eigenvalue weighted by molar-refractivity contribution is 5.73. The molecule has 0 radical (unpaired) electrons. The van der Waals surface area contributed by atoms with E-state index in [0.29, 0.717) is 19.8 Å². The Morgan fingerprint density at radius 1 is 1.22 bits per heavy atom. The van der Waals surface area contributed by atoms with E-state index in [1.54, 1.807) is 19.2 Å². The van der Waals surface area contributed by atoms with Crippen LogP contribution >= 0.6 is 0 Å². The summed E-state index contributed by atoms with van der Waals surface area (Å²) >= 11 is 0. The molecule has 1 aromatic rings. The van der Waals surface area contributed by atoms with Gasteiger partial charge in [0, 0.05) is 13.7 Å². The molecule has 100 valence electrons. The van der Waals surface area contributed by atoms with E-state index in [-0.39, 0.29) is 18.6 Å². The summed E-state index contributed by atoms with van der Waals surface area (Å²) in [4.78, 5) is 11.3. The van der Waals surface area contributed by atoms with E-state index in [9.17, 15) is 9.18 Å². The highest BCUT2D eigenvalue weighted by atomic mass is 19.1. The van der Waals surface area contributed by atoms with Crippen LogP contribution in [0.5, 0.6) is 0 Å². The van der Waals surface area contributed by atoms with E-state index in [1.165, 1.54) is 12.1 Å². The molecule has 0 aliphatic heterocycles. The Kier molecular flexibility index (Phi) is 6.75. The van der Waals surface area contributed by atoms with Gasteiger partial charge in [-0.2, -0.15) is 0 Å². The van der Waals surface area contributed by atoms with Gasteiger partial charge in [0.1, 0.15) is 12.5 Å². The van der Waals surface area contributed by atoms with E-state index in [0.717, 1.165) is 5.56 Å². The Labute approximate surface area is 105 Å². The molecule has 0 unspecified atom stereocenters. The van der Waals surface area contributed by atoms with Crippen LogP contribution in [-0.2, 0) is 16.0 Å². The van der Waals surface area contributed by atoms with Crippen molar-refractivity contribution in [2.45, 2.75) is 6.54 Å². The van der Waals surface area contributed by atoms with Crippen molar-refractivity contribution in [3.63, 3.8) is 0 Å². The van der Waals surface area contributed by atoms with Gasteiger partial charge in [0.15, 0.2) is 0 Å². The zero-order valence-electron chi connectivity index (χ0n) is 10.2. The molecule has 0 atom stereocenters. The highest BCUT2D eigenvalue weighted by Gasteiger charge is 1.99. The Morgan fingerprint density at radius 3 is 2.61 bits per heavy atom. The number of amides is 2. The third-order valence-corrected chi connectivity index (χ3v) is 2.13. The fourth-order valence-corrected chi connectivity index (χ4v) is 1.18. The van der Waals surface area contributed by atoms with Crippen LogP contribution in [0.4, 0.5) is 9.18 Å². The van der Waals surface area contributed by atoms with Crippen molar-refractivity contribution in [1.29, 1.82) is 0 Å². The van der Waals surface area contributed by atoms with Crippen LogP contribution in [0.15, 0.2) is 24.3 Å². The third-order valence-electron chi connectivity index (χ3n) is 2.13. The van der Waals surface area contributed by atoms with Crippen molar-refractivity contribution in [3.05, 3.63) is 35.6 Å². The Hall–Kier alpha value is -1.66. The lowest BCUT2D eigenvalue weighted by Gasteiger charge is -2.08. The van der Waals surface area contributed by atoms with E-state index in [1.807, 2.05) is 0 Å². The Balaban J connectivity index is 2.11. The predicted octanol–water partition coefficient (Wildman–Crippen LogP) is 1.25. The average molecular weight is 256 g/mol. The van der Waals surface area contributed by atoms with Gasteiger partial charge in [-0.05, 0) is 17.7 Å². The maximum Gasteiger partial charge on any atom is 0.316 e. The van der Waals surface area contributed by atoms with Gasteiger partial charge >= 0.3 is 6.03 Å². The molecule has 2 N–H and O–H groups in total. The van der Waals surface area contributed by atoms with Gasteiger partial charge in [0.05, 0.1) is 13.2 Å². The molecule has 0 fully saturated rings. The Bertz CT molecular complexity index is 357. The predicted molar refractivity (Wildman–Crippen MR) is 64.5 cm³/mol. The zero-order chi connectivity index (χ0) is 13.2. The number of hydrogen-bond donors (Lipinski definition) is 2. The van der Waals surface area contributed by atoms with E-state index in [4.69, 9.17) is 9.47 Å². The van der Waals surface area contributed by atoms with Gasteiger partial charge in [0.25, 0.3) is 0 Å². The molecule has 2 amide bonds. The van der Waals surface area contributed by atoms with Gasteiger partial charge in [-0.1, -0.05) is 12.1 Å². The summed E-state index contributed by atoms with van der Waals surface area (Å²) in [6.07, 6.45) is 0. The van der Waals surface area contributed by atoms with Crippen molar-refractivity contribution in [1.82, 2.24) is 10.6 Å². The topological polar surface area (TPSA) is 59.6 Å². The van der Waals surface area contributed by atoms with Crippen molar-refractivity contribution in [3.8, 4) is 0 Å². The fraction of sp³-hybridized carbons (Fsp3) is 0.417. The maximum atomic E-state index is 12.6. The summed E-state index contributed by atoms with van der Waals surface area (Å²) in [5.74, 6) is -0.297. The van der Waals surface area contributed by atoms with E-state index >= 15 is 0 Å². The number of hydrogen-bond acceptors (Lipinski definition) is 3. The number of carbonyl (C=O) groups excluding carboxylic acids is 1. The lowest BCUT2D eigenvalue weighted by atomic mass is 10.2. The van der Waals surface area contributed by atoms with E-state index in [2.05, 4.69) is 10.6 Å². The molecular weight excluding hydrogens is 239 g/mol. The van der Waals surface area contributed by atoms with Crippen LogP contribution < -0.4 is 10.6 Å². The van der Waals surface area contributed by atoms with Crippen LogP contribution in [0.2, 0.25) is 0 Å². The van der Waals surface area contributed by atoms with E-state index < -0.39 is 0 Å². The third kappa shape index (κ3) is 6.17. The largest absolute Gasteiger partial charge is 0.382 e. The molecule has 5 nitrogen and oxygen atoms in total. The smallest absolute Gasteiger partial charge is 0.316 e. The summed E-state index contributed by atoms with van der Waals surface area (Å²) in [5.41, 5.74) is 0.826. The monoisotopic (exact) mass is 256 g/mol. The minimum absolute atomic E-state index is 0.124. The second-order valence-corrected chi connectivity index (χ2v) is 3.53. The molecule has 0 aliphatic rings. The number of rotatable bonds is 7. The molecule has 18 heavy (non-hydrogen) atoms. The summed E-state index contributed by atoms with van der Waals surface area (Å²) < 4.78 is 22.5. The van der Waals surface area contributed by atoms with Crippen molar-refractivity contribution < 1.29 is 18.7 Å². The fourth-order valence-electron chi connectivity index (χ4n) is 1.18. The SMILES string of the molecule is COCCOCNC(=O)NCc1ccc(F)cc1. The second kappa shape index (κ2) is 8.43. The first-order valence-corrected chi connectivity index (χ1v) is 5.55. The minimum Gasteiger partial charge on any atom is -0.382 e. The molecular formula is C12H17FN2O3. The summed E-state index contributed by atoms with van der Waals surface area (Å²) in [6, 6.07) is 5.60. The maximum absolute atomic E-state index is 12.6. The Morgan fingerprint density at radius 2 is 1.94 bits per heavy atom. The van der Waals surface area contributed by atoms with Crippen LogP contribution in [0.1, 0.15) is 5.56 Å². The first kappa shape index (κ1) is 14.4. The van der Waals surface area contributed by atoms with Gasteiger partial charge in [-0.25, -0.2) is 9.18 Å².